The second-order valence-corrected chi connectivity index (χ2v) is 7.71. The first-order valence-electron chi connectivity index (χ1n) is 10.1. The van der Waals surface area contributed by atoms with Crippen molar-refractivity contribution < 1.29 is 9.90 Å². The van der Waals surface area contributed by atoms with Gasteiger partial charge < -0.3 is 5.11 Å². The predicted molar refractivity (Wildman–Crippen MR) is 112 cm³/mol. The number of fused-ring (bicyclic) bond motifs is 1. The lowest BCUT2D eigenvalue weighted by molar-refractivity contribution is 0.0696. The molecule has 4 nitrogen and oxygen atoms in total. The molecule has 2 aromatic carbocycles. The molecule has 0 saturated heterocycles. The summed E-state index contributed by atoms with van der Waals surface area (Å²) in [7, 11) is 2.12. The van der Waals surface area contributed by atoms with Crippen molar-refractivity contribution in [2.24, 2.45) is 0 Å². The monoisotopic (exact) mass is 374 g/mol. The number of benzene rings is 2. The molecule has 1 fully saturated rings. The topological polar surface area (TPSA) is 53.4 Å². The highest BCUT2D eigenvalue weighted by Gasteiger charge is 2.25. The Labute approximate surface area is 165 Å². The van der Waals surface area contributed by atoms with Gasteiger partial charge in [-0.25, -0.2) is 9.78 Å². The number of aromatic carboxylic acids is 1. The van der Waals surface area contributed by atoms with E-state index in [-0.39, 0.29) is 0 Å². The molecule has 3 aromatic rings. The number of para-hydroxylation sites is 1. The SMILES string of the molecule is CN(Cc1c(-c2ccccc2)nc2ccccc2c1C(=O)O)C1CCCCC1. The zero-order valence-electron chi connectivity index (χ0n) is 16.3. The van der Waals surface area contributed by atoms with Gasteiger partial charge in [-0.15, -0.1) is 0 Å². The number of carboxylic acid groups (broad SMARTS) is 1. The molecule has 1 N–H and O–H groups in total. The third-order valence-corrected chi connectivity index (χ3v) is 5.86. The highest BCUT2D eigenvalue weighted by molar-refractivity contribution is 6.05. The fourth-order valence-electron chi connectivity index (χ4n) is 4.38. The van der Waals surface area contributed by atoms with Crippen molar-refractivity contribution in [3.63, 3.8) is 0 Å². The van der Waals surface area contributed by atoms with Crippen molar-refractivity contribution in [3.8, 4) is 11.3 Å². The zero-order valence-corrected chi connectivity index (χ0v) is 16.3. The minimum atomic E-state index is -0.886. The summed E-state index contributed by atoms with van der Waals surface area (Å²) < 4.78 is 0. The van der Waals surface area contributed by atoms with Gasteiger partial charge in [-0.2, -0.15) is 0 Å². The molecule has 1 heterocycles. The molecule has 144 valence electrons. The lowest BCUT2D eigenvalue weighted by Crippen LogP contribution is -2.33. The van der Waals surface area contributed by atoms with Gasteiger partial charge >= 0.3 is 5.97 Å². The van der Waals surface area contributed by atoms with Crippen LogP contribution in [0.1, 0.15) is 48.0 Å². The summed E-state index contributed by atoms with van der Waals surface area (Å²) in [6.07, 6.45) is 6.17. The van der Waals surface area contributed by atoms with Crippen LogP contribution in [0.15, 0.2) is 54.6 Å². The van der Waals surface area contributed by atoms with Gasteiger partial charge in [0.05, 0.1) is 16.8 Å². The van der Waals surface area contributed by atoms with Gasteiger partial charge in [0.2, 0.25) is 0 Å². The number of nitrogens with zero attached hydrogens (tertiary/aromatic N) is 2. The molecule has 0 aliphatic heterocycles. The Morgan fingerprint density at radius 2 is 1.71 bits per heavy atom. The lowest BCUT2D eigenvalue weighted by atomic mass is 9.92. The molecule has 0 atom stereocenters. The summed E-state index contributed by atoms with van der Waals surface area (Å²) in [5, 5.41) is 10.8. The molecular formula is C24H26N2O2. The average molecular weight is 374 g/mol. The molecule has 1 aromatic heterocycles. The van der Waals surface area contributed by atoms with Gasteiger partial charge in [0.1, 0.15) is 0 Å². The van der Waals surface area contributed by atoms with Crippen LogP contribution in [0, 0.1) is 0 Å². The maximum absolute atomic E-state index is 12.3. The van der Waals surface area contributed by atoms with E-state index in [0.29, 0.717) is 23.5 Å². The van der Waals surface area contributed by atoms with Gasteiger partial charge in [0, 0.05) is 29.1 Å². The first-order chi connectivity index (χ1) is 13.6. The molecule has 0 bridgehead atoms. The lowest BCUT2D eigenvalue weighted by Gasteiger charge is -2.32. The minimum absolute atomic E-state index is 0.382. The Hall–Kier alpha value is -2.72. The highest BCUT2D eigenvalue weighted by Crippen LogP contribution is 2.32. The number of pyridine rings is 1. The van der Waals surface area contributed by atoms with Gasteiger partial charge in [-0.3, -0.25) is 4.90 Å². The van der Waals surface area contributed by atoms with Crippen LogP contribution in [-0.2, 0) is 6.54 Å². The van der Waals surface area contributed by atoms with Crippen LogP contribution in [0.5, 0.6) is 0 Å². The first kappa shape index (κ1) is 18.6. The van der Waals surface area contributed by atoms with E-state index in [2.05, 4.69) is 11.9 Å². The quantitative estimate of drug-likeness (QED) is 0.653. The number of carbonyl (C=O) groups is 1. The Morgan fingerprint density at radius 3 is 2.43 bits per heavy atom. The smallest absolute Gasteiger partial charge is 0.336 e. The van der Waals surface area contributed by atoms with Gasteiger partial charge in [0.15, 0.2) is 0 Å². The van der Waals surface area contributed by atoms with Crippen LogP contribution in [0.25, 0.3) is 22.2 Å². The largest absolute Gasteiger partial charge is 0.478 e. The van der Waals surface area contributed by atoms with Gasteiger partial charge in [-0.1, -0.05) is 67.8 Å². The van der Waals surface area contributed by atoms with E-state index in [1.54, 1.807) is 0 Å². The van der Waals surface area contributed by atoms with E-state index in [0.717, 1.165) is 22.3 Å². The number of hydrogen-bond acceptors (Lipinski definition) is 3. The summed E-state index contributed by atoms with van der Waals surface area (Å²) >= 11 is 0. The molecule has 4 rings (SSSR count). The molecule has 4 heteroatoms. The molecule has 0 radical (unpaired) electrons. The molecule has 1 aliphatic carbocycles. The summed E-state index contributed by atoms with van der Waals surface area (Å²) in [5.41, 5.74) is 3.66. The van der Waals surface area contributed by atoms with Gasteiger partial charge in [-0.05, 0) is 26.0 Å². The summed E-state index contributed by atoms with van der Waals surface area (Å²) in [5.74, 6) is -0.886. The Kier molecular flexibility index (Phi) is 5.40. The number of aromatic nitrogens is 1. The summed E-state index contributed by atoms with van der Waals surface area (Å²) in [6.45, 7) is 0.592. The van der Waals surface area contributed by atoms with Crippen LogP contribution >= 0.6 is 0 Å². The first-order valence-corrected chi connectivity index (χ1v) is 10.1. The standard InChI is InChI=1S/C24H26N2O2/c1-26(18-12-6-3-7-13-18)16-20-22(24(27)28)19-14-8-9-15-21(19)25-23(20)17-10-4-2-5-11-17/h2,4-5,8-11,14-15,18H,3,6-7,12-13,16H2,1H3,(H,27,28). The van der Waals surface area contributed by atoms with Crippen molar-refractivity contribution in [2.75, 3.05) is 7.05 Å². The van der Waals surface area contributed by atoms with Gasteiger partial charge in [0.25, 0.3) is 0 Å². The van der Waals surface area contributed by atoms with Crippen LogP contribution in [0.2, 0.25) is 0 Å². The van der Waals surface area contributed by atoms with E-state index >= 15 is 0 Å². The predicted octanol–water partition coefficient (Wildman–Crippen LogP) is 5.36. The molecule has 0 amide bonds. The van der Waals surface area contributed by atoms with Crippen molar-refractivity contribution in [2.45, 2.75) is 44.7 Å². The summed E-state index contributed by atoms with van der Waals surface area (Å²) in [4.78, 5) is 19.6. The van der Waals surface area contributed by atoms with E-state index < -0.39 is 5.97 Å². The van der Waals surface area contributed by atoms with Crippen molar-refractivity contribution in [1.82, 2.24) is 9.88 Å². The molecule has 28 heavy (non-hydrogen) atoms. The highest BCUT2D eigenvalue weighted by atomic mass is 16.4. The van der Waals surface area contributed by atoms with Crippen LogP contribution in [0.4, 0.5) is 0 Å². The molecule has 1 aliphatic rings. The Balaban J connectivity index is 1.88. The Bertz CT molecular complexity index is 979. The summed E-state index contributed by atoms with van der Waals surface area (Å²) in [6, 6.07) is 18.0. The van der Waals surface area contributed by atoms with E-state index in [1.807, 2.05) is 54.6 Å². The fourth-order valence-corrected chi connectivity index (χ4v) is 4.38. The van der Waals surface area contributed by atoms with Crippen LogP contribution in [0.3, 0.4) is 0 Å². The molecular weight excluding hydrogens is 348 g/mol. The molecule has 0 unspecified atom stereocenters. The second-order valence-electron chi connectivity index (χ2n) is 7.71. The van der Waals surface area contributed by atoms with E-state index in [4.69, 9.17) is 4.98 Å². The third-order valence-electron chi connectivity index (χ3n) is 5.86. The third kappa shape index (κ3) is 3.65. The molecule has 1 saturated carbocycles. The van der Waals surface area contributed by atoms with E-state index in [9.17, 15) is 9.90 Å². The van der Waals surface area contributed by atoms with Crippen molar-refractivity contribution in [1.29, 1.82) is 0 Å². The maximum atomic E-state index is 12.3. The molecule has 0 spiro atoms. The minimum Gasteiger partial charge on any atom is -0.478 e. The average Bonchev–Trinajstić information content (AvgIpc) is 2.74. The van der Waals surface area contributed by atoms with Crippen LogP contribution in [-0.4, -0.2) is 34.0 Å². The number of carboxylic acids is 1. The Morgan fingerprint density at radius 1 is 1.04 bits per heavy atom. The van der Waals surface area contributed by atoms with Crippen molar-refractivity contribution >= 4 is 16.9 Å². The number of hydrogen-bond donors (Lipinski definition) is 1. The van der Waals surface area contributed by atoms with E-state index in [1.165, 1.54) is 32.1 Å². The second kappa shape index (κ2) is 8.11. The maximum Gasteiger partial charge on any atom is 0.336 e. The number of rotatable bonds is 5. The van der Waals surface area contributed by atoms with Crippen molar-refractivity contribution in [3.05, 3.63) is 65.7 Å². The zero-order chi connectivity index (χ0) is 19.5. The fraction of sp³-hybridized carbons (Fsp3) is 0.333. The normalized spacial score (nSPS) is 15.2. The van der Waals surface area contributed by atoms with Crippen LogP contribution < -0.4 is 0 Å².